The summed E-state index contributed by atoms with van der Waals surface area (Å²) in [6.07, 6.45) is 2.39. The van der Waals surface area contributed by atoms with Crippen molar-refractivity contribution in [2.75, 3.05) is 37.4 Å². The molecule has 0 spiro atoms. The highest BCUT2D eigenvalue weighted by Crippen LogP contribution is 1.92. The fourth-order valence-corrected chi connectivity index (χ4v) is 3.03. The van der Waals surface area contributed by atoms with Crippen LogP contribution >= 0.6 is 0 Å². The molecule has 0 aromatic rings. The molecular weight excluding hydrogens is 264 g/mol. The summed E-state index contributed by atoms with van der Waals surface area (Å²) in [7, 11) is -6.04. The van der Waals surface area contributed by atoms with Gasteiger partial charge in [-0.05, 0) is 19.4 Å². The van der Waals surface area contributed by atoms with Crippen LogP contribution in [-0.2, 0) is 19.9 Å². The number of nitrogens with one attached hydrogen (secondary N) is 2. The SMILES string of the molecule is CCCS(=O)(=O)CCNCCCNS(C)(=O)=O. The van der Waals surface area contributed by atoms with E-state index in [9.17, 15) is 16.8 Å². The maximum Gasteiger partial charge on any atom is 0.208 e. The smallest absolute Gasteiger partial charge is 0.208 e. The summed E-state index contributed by atoms with van der Waals surface area (Å²) in [6, 6.07) is 0. The minimum absolute atomic E-state index is 0.139. The molecule has 0 fully saturated rings. The van der Waals surface area contributed by atoms with Crippen molar-refractivity contribution < 1.29 is 16.8 Å². The summed E-state index contributed by atoms with van der Waals surface area (Å²) in [4.78, 5) is 0. The Bertz CT molecular complexity index is 389. The van der Waals surface area contributed by atoms with Gasteiger partial charge in [0.2, 0.25) is 10.0 Å². The quantitative estimate of drug-likeness (QED) is 0.520. The first-order chi connectivity index (χ1) is 7.77. The van der Waals surface area contributed by atoms with Gasteiger partial charge in [0.15, 0.2) is 9.84 Å². The Morgan fingerprint density at radius 1 is 0.941 bits per heavy atom. The molecule has 0 aromatic heterocycles. The van der Waals surface area contributed by atoms with Crippen LogP contribution < -0.4 is 10.0 Å². The molecule has 8 heteroatoms. The van der Waals surface area contributed by atoms with Gasteiger partial charge in [0.1, 0.15) is 0 Å². The lowest BCUT2D eigenvalue weighted by Gasteiger charge is -2.05. The van der Waals surface area contributed by atoms with E-state index < -0.39 is 19.9 Å². The van der Waals surface area contributed by atoms with E-state index in [4.69, 9.17) is 0 Å². The van der Waals surface area contributed by atoms with Crippen molar-refractivity contribution >= 4 is 19.9 Å². The summed E-state index contributed by atoms with van der Waals surface area (Å²) in [6.45, 7) is 3.22. The van der Waals surface area contributed by atoms with Gasteiger partial charge in [0, 0.05) is 18.8 Å². The molecular formula is C9H22N2O4S2. The van der Waals surface area contributed by atoms with Crippen LogP contribution in [0.1, 0.15) is 19.8 Å². The van der Waals surface area contributed by atoms with Crippen molar-refractivity contribution in [3.8, 4) is 0 Å². The minimum Gasteiger partial charge on any atom is -0.316 e. The molecule has 0 bridgehead atoms. The first-order valence-electron chi connectivity index (χ1n) is 5.62. The topological polar surface area (TPSA) is 92.3 Å². The molecule has 17 heavy (non-hydrogen) atoms. The van der Waals surface area contributed by atoms with Gasteiger partial charge < -0.3 is 5.32 Å². The summed E-state index contributed by atoms with van der Waals surface area (Å²) in [5.74, 6) is 0.366. The number of sulfonamides is 1. The van der Waals surface area contributed by atoms with E-state index >= 15 is 0 Å². The van der Waals surface area contributed by atoms with Gasteiger partial charge in [-0.15, -0.1) is 0 Å². The summed E-state index contributed by atoms with van der Waals surface area (Å²) in [5, 5.41) is 2.97. The molecule has 0 aromatic carbocycles. The van der Waals surface area contributed by atoms with Gasteiger partial charge in [0.25, 0.3) is 0 Å². The fourth-order valence-electron chi connectivity index (χ4n) is 1.24. The van der Waals surface area contributed by atoms with Gasteiger partial charge in [0.05, 0.1) is 12.0 Å². The van der Waals surface area contributed by atoms with E-state index in [1.165, 1.54) is 0 Å². The number of sulfone groups is 1. The molecule has 0 rings (SSSR count). The van der Waals surface area contributed by atoms with E-state index in [2.05, 4.69) is 10.0 Å². The molecule has 2 N–H and O–H groups in total. The van der Waals surface area contributed by atoms with Gasteiger partial charge in [-0.2, -0.15) is 0 Å². The summed E-state index contributed by atoms with van der Waals surface area (Å²) >= 11 is 0. The Hall–Kier alpha value is -0.180. The third-order valence-corrected chi connectivity index (χ3v) is 4.58. The van der Waals surface area contributed by atoms with E-state index in [0.29, 0.717) is 32.5 Å². The third kappa shape index (κ3) is 12.1. The highest BCUT2D eigenvalue weighted by molar-refractivity contribution is 7.91. The van der Waals surface area contributed by atoms with Crippen LogP contribution in [0.25, 0.3) is 0 Å². The zero-order valence-electron chi connectivity index (χ0n) is 10.4. The standard InChI is InChI=1S/C9H22N2O4S2/c1-3-8-17(14,15)9-7-10-5-4-6-11-16(2,12)13/h10-11H,3-9H2,1-2H3. The first kappa shape index (κ1) is 16.8. The number of hydrogen-bond acceptors (Lipinski definition) is 5. The lowest BCUT2D eigenvalue weighted by atomic mass is 10.4. The van der Waals surface area contributed by atoms with Crippen LogP contribution in [0.2, 0.25) is 0 Å². The number of rotatable bonds is 10. The summed E-state index contributed by atoms with van der Waals surface area (Å²) in [5.41, 5.74) is 0. The molecule has 0 heterocycles. The number of hydrogen-bond donors (Lipinski definition) is 2. The fraction of sp³-hybridized carbons (Fsp3) is 1.00. The Labute approximate surface area is 104 Å². The van der Waals surface area contributed by atoms with E-state index in [1.54, 1.807) is 0 Å². The predicted molar refractivity (Wildman–Crippen MR) is 69.3 cm³/mol. The lowest BCUT2D eigenvalue weighted by molar-refractivity contribution is 0.579. The average molecular weight is 286 g/mol. The van der Waals surface area contributed by atoms with Crippen LogP contribution in [0.15, 0.2) is 0 Å². The highest BCUT2D eigenvalue weighted by Gasteiger charge is 2.07. The van der Waals surface area contributed by atoms with Crippen molar-refractivity contribution in [3.05, 3.63) is 0 Å². The van der Waals surface area contributed by atoms with Crippen LogP contribution in [0.4, 0.5) is 0 Å². The Morgan fingerprint density at radius 2 is 1.59 bits per heavy atom. The van der Waals surface area contributed by atoms with E-state index in [1.807, 2.05) is 6.92 Å². The van der Waals surface area contributed by atoms with Crippen LogP contribution in [0.3, 0.4) is 0 Å². The molecule has 104 valence electrons. The van der Waals surface area contributed by atoms with Crippen molar-refractivity contribution in [1.82, 2.24) is 10.0 Å². The molecule has 0 aliphatic carbocycles. The Kier molecular flexibility index (Phi) is 7.93. The molecule has 0 unspecified atom stereocenters. The molecule has 0 aliphatic heterocycles. The molecule has 0 radical (unpaired) electrons. The second kappa shape index (κ2) is 8.02. The van der Waals surface area contributed by atoms with Gasteiger partial charge in [-0.25, -0.2) is 21.6 Å². The molecule has 0 saturated heterocycles. The van der Waals surface area contributed by atoms with Crippen molar-refractivity contribution in [1.29, 1.82) is 0 Å². The van der Waals surface area contributed by atoms with E-state index in [-0.39, 0.29) is 11.5 Å². The van der Waals surface area contributed by atoms with Gasteiger partial charge in [-0.3, -0.25) is 0 Å². The summed E-state index contributed by atoms with van der Waals surface area (Å²) < 4.78 is 46.4. The van der Waals surface area contributed by atoms with Gasteiger partial charge >= 0.3 is 0 Å². The molecule has 0 saturated carbocycles. The van der Waals surface area contributed by atoms with Crippen LogP contribution in [-0.4, -0.2) is 54.2 Å². The van der Waals surface area contributed by atoms with E-state index in [0.717, 1.165) is 6.26 Å². The first-order valence-corrected chi connectivity index (χ1v) is 9.34. The third-order valence-electron chi connectivity index (χ3n) is 2.00. The maximum absolute atomic E-state index is 11.3. The second-order valence-electron chi connectivity index (χ2n) is 3.92. The minimum atomic E-state index is -3.12. The van der Waals surface area contributed by atoms with Crippen molar-refractivity contribution in [3.63, 3.8) is 0 Å². The molecule has 6 nitrogen and oxygen atoms in total. The zero-order chi connectivity index (χ0) is 13.4. The van der Waals surface area contributed by atoms with Crippen LogP contribution in [0.5, 0.6) is 0 Å². The average Bonchev–Trinajstić information content (AvgIpc) is 2.14. The van der Waals surface area contributed by atoms with Crippen molar-refractivity contribution in [2.45, 2.75) is 19.8 Å². The maximum atomic E-state index is 11.3. The molecule has 0 amide bonds. The predicted octanol–water partition coefficient (Wildman–Crippen LogP) is -0.660. The normalized spacial score (nSPS) is 12.8. The Balaban J connectivity index is 3.48. The van der Waals surface area contributed by atoms with Crippen LogP contribution in [0, 0.1) is 0 Å². The Morgan fingerprint density at radius 3 is 2.12 bits per heavy atom. The molecule has 0 aliphatic rings. The highest BCUT2D eigenvalue weighted by atomic mass is 32.2. The molecule has 0 atom stereocenters. The lowest BCUT2D eigenvalue weighted by Crippen LogP contribution is -2.29. The monoisotopic (exact) mass is 286 g/mol. The van der Waals surface area contributed by atoms with Gasteiger partial charge in [-0.1, -0.05) is 6.92 Å². The van der Waals surface area contributed by atoms with Crippen molar-refractivity contribution in [2.24, 2.45) is 0 Å². The zero-order valence-corrected chi connectivity index (χ0v) is 12.0. The second-order valence-corrected chi connectivity index (χ2v) is 8.06. The largest absolute Gasteiger partial charge is 0.316 e.